The number of aliphatic hydroxyl groups is 3. The molecule has 0 heterocycles. The summed E-state index contributed by atoms with van der Waals surface area (Å²) in [6.45, 7) is -0.614. The van der Waals surface area contributed by atoms with Crippen molar-refractivity contribution in [2.45, 2.75) is 114 Å². The maximum absolute atomic E-state index is 13.0. The predicted molar refractivity (Wildman–Crippen MR) is 157 cm³/mol. The third kappa shape index (κ3) is 18.6. The predicted octanol–water partition coefficient (Wildman–Crippen LogP) is -0.173. The highest BCUT2D eigenvalue weighted by atomic mass is 31.2. The Labute approximate surface area is 275 Å². The number of rotatable bonds is 24. The summed E-state index contributed by atoms with van der Waals surface area (Å²) < 4.78 is 66.3. The van der Waals surface area contributed by atoms with Gasteiger partial charge in [0.2, 0.25) is 0 Å². The van der Waals surface area contributed by atoms with Crippen LogP contribution in [0, 0.1) is 0 Å². The van der Waals surface area contributed by atoms with E-state index in [0.717, 1.165) is 0 Å². The monoisotopic (exact) mass is 762 g/mol. The molecule has 0 aliphatic heterocycles. The minimum absolute atomic E-state index is 0.101. The summed E-state index contributed by atoms with van der Waals surface area (Å²) in [4.78, 5) is 96.9. The van der Waals surface area contributed by atoms with E-state index in [1.54, 1.807) is 0 Å². The van der Waals surface area contributed by atoms with Crippen molar-refractivity contribution in [3.05, 3.63) is 0 Å². The molecule has 0 aromatic carbocycles. The molecule has 0 bridgehead atoms. The third-order valence-corrected chi connectivity index (χ3v) is 8.19. The molecule has 0 amide bonds. The Kier molecular flexibility index (Phi) is 20.2. The molecule has 9 N–H and O–H groups in total. The topological polar surface area (TPSA) is 340 Å². The van der Waals surface area contributed by atoms with E-state index in [4.69, 9.17) is 29.5 Å². The number of esters is 3. The van der Waals surface area contributed by atoms with Crippen LogP contribution in [0.3, 0.4) is 0 Å². The minimum atomic E-state index is -5.80. The van der Waals surface area contributed by atoms with Gasteiger partial charge in [0, 0.05) is 39.1 Å². The van der Waals surface area contributed by atoms with Gasteiger partial charge in [0.1, 0.15) is 18.3 Å². The van der Waals surface area contributed by atoms with Gasteiger partial charge in [0.15, 0.2) is 18.3 Å². The van der Waals surface area contributed by atoms with Gasteiger partial charge in [-0.2, -0.15) is 0 Å². The molecule has 21 nitrogen and oxygen atoms in total. The number of ether oxygens (including phenoxy) is 3. The molecular formula is C24H45O21P3. The van der Waals surface area contributed by atoms with E-state index in [1.165, 1.54) is 0 Å². The van der Waals surface area contributed by atoms with Crippen molar-refractivity contribution in [2.24, 2.45) is 0 Å². The fraction of sp³-hybridized carbons (Fsp3) is 0.875. The van der Waals surface area contributed by atoms with E-state index in [9.17, 15) is 57.4 Å². The molecule has 1 saturated carbocycles. The Balaban J connectivity index is 3.83. The van der Waals surface area contributed by atoms with Crippen LogP contribution in [0.2, 0.25) is 0 Å². The van der Waals surface area contributed by atoms with Crippen molar-refractivity contribution in [1.82, 2.24) is 0 Å². The van der Waals surface area contributed by atoms with Crippen molar-refractivity contribution >= 4 is 41.4 Å². The Bertz CT molecular complexity index is 1070. The molecule has 0 radical (unpaired) electrons. The number of carbonyl (C=O) groups is 3. The van der Waals surface area contributed by atoms with Crippen molar-refractivity contribution in [2.75, 3.05) is 19.8 Å². The molecule has 0 aromatic rings. The van der Waals surface area contributed by atoms with Gasteiger partial charge in [0.25, 0.3) is 0 Å². The standard InChI is InChI=1S/C24H45O21P3/c25-13-7-1-4-10-16(28)40-19-20(41-17(29)11-5-2-8-14-26)22(43-46(31,32)33)24(45-48(37,38)39)23(44-47(34,35)36)21(19)42-18(30)12-6-3-9-15-27/h19-27H,1-15H2,(H2,31,32,33)(H2,34,35,36)(H2,37,38,39)/t19?,20-,21-,22-,23+,24?/m1/s1. The van der Waals surface area contributed by atoms with Crippen molar-refractivity contribution < 1.29 is 101 Å². The molecule has 1 aliphatic carbocycles. The van der Waals surface area contributed by atoms with Gasteiger partial charge in [-0.15, -0.1) is 0 Å². The lowest BCUT2D eigenvalue weighted by Crippen LogP contribution is -2.67. The third-order valence-electron chi connectivity index (χ3n) is 6.64. The lowest BCUT2D eigenvalue weighted by molar-refractivity contribution is -0.241. The van der Waals surface area contributed by atoms with Gasteiger partial charge in [-0.25, -0.2) is 13.7 Å². The SMILES string of the molecule is O=C(CCCCCO)OC1[C@@H](OC(=O)CCCCCO)[C@H](OP(=O)(O)O)C(OP(=O)(O)O)[C@H](OP(=O)(O)O)[C@@H]1OC(=O)CCCCCO. The summed E-state index contributed by atoms with van der Waals surface area (Å²) in [5.74, 6) is -3.43. The second-order valence-electron chi connectivity index (χ2n) is 10.6. The lowest BCUT2D eigenvalue weighted by atomic mass is 9.84. The number of phosphoric acid groups is 3. The molecule has 24 heteroatoms. The van der Waals surface area contributed by atoms with E-state index in [1.807, 2.05) is 0 Å². The van der Waals surface area contributed by atoms with Crippen LogP contribution in [0.5, 0.6) is 0 Å². The zero-order valence-corrected chi connectivity index (χ0v) is 28.5. The van der Waals surface area contributed by atoms with E-state index in [0.29, 0.717) is 25.7 Å². The number of unbranched alkanes of at least 4 members (excludes halogenated alkanes) is 6. The molecular weight excluding hydrogens is 717 g/mol. The lowest BCUT2D eigenvalue weighted by Gasteiger charge is -2.47. The first-order valence-electron chi connectivity index (χ1n) is 14.9. The molecule has 48 heavy (non-hydrogen) atoms. The average molecular weight is 763 g/mol. The smallest absolute Gasteiger partial charge is 0.455 e. The van der Waals surface area contributed by atoms with Gasteiger partial charge in [-0.3, -0.25) is 28.0 Å². The summed E-state index contributed by atoms with van der Waals surface area (Å²) in [5, 5.41) is 27.0. The summed E-state index contributed by atoms with van der Waals surface area (Å²) in [7, 11) is -17.4. The Morgan fingerprint density at radius 2 is 0.625 bits per heavy atom. The molecule has 6 atom stereocenters. The molecule has 1 aliphatic rings. The van der Waals surface area contributed by atoms with Crippen LogP contribution >= 0.6 is 23.5 Å². The highest BCUT2D eigenvalue weighted by Gasteiger charge is 2.62. The van der Waals surface area contributed by atoms with Crippen LogP contribution in [0.4, 0.5) is 0 Å². The quantitative estimate of drug-likeness (QED) is 0.0267. The fourth-order valence-electron chi connectivity index (χ4n) is 4.67. The van der Waals surface area contributed by atoms with Crippen LogP contribution in [0.1, 0.15) is 77.0 Å². The molecule has 1 fully saturated rings. The average Bonchev–Trinajstić information content (AvgIpc) is 2.95. The molecule has 0 saturated heterocycles. The number of carbonyl (C=O) groups excluding carboxylic acids is 3. The largest absolute Gasteiger partial charge is 0.470 e. The van der Waals surface area contributed by atoms with Gasteiger partial charge >= 0.3 is 41.4 Å². The van der Waals surface area contributed by atoms with Gasteiger partial charge in [-0.05, 0) is 38.5 Å². The fourth-order valence-corrected chi connectivity index (χ4v) is 6.34. The van der Waals surface area contributed by atoms with Gasteiger partial charge in [-0.1, -0.05) is 19.3 Å². The van der Waals surface area contributed by atoms with E-state index >= 15 is 0 Å². The van der Waals surface area contributed by atoms with Crippen LogP contribution in [0.15, 0.2) is 0 Å². The first kappa shape index (κ1) is 44.6. The number of phosphoric ester groups is 3. The van der Waals surface area contributed by atoms with Gasteiger partial charge in [0.05, 0.1) is 0 Å². The first-order valence-corrected chi connectivity index (χ1v) is 19.5. The highest BCUT2D eigenvalue weighted by Crippen LogP contribution is 2.51. The van der Waals surface area contributed by atoms with Crippen LogP contribution in [0.25, 0.3) is 0 Å². The van der Waals surface area contributed by atoms with Crippen molar-refractivity contribution in [3.63, 3.8) is 0 Å². The second kappa shape index (κ2) is 21.8. The zero-order valence-electron chi connectivity index (χ0n) is 25.8. The number of hydrogen-bond acceptors (Lipinski definition) is 15. The van der Waals surface area contributed by atoms with Crippen molar-refractivity contribution in [1.29, 1.82) is 0 Å². The number of aliphatic hydroxyl groups excluding tert-OH is 3. The van der Waals surface area contributed by atoms with E-state index in [-0.39, 0.29) is 51.9 Å². The maximum atomic E-state index is 13.0. The molecule has 2 unspecified atom stereocenters. The molecule has 282 valence electrons. The highest BCUT2D eigenvalue weighted by molar-refractivity contribution is 7.47. The minimum Gasteiger partial charge on any atom is -0.455 e. The van der Waals surface area contributed by atoms with Crippen LogP contribution < -0.4 is 0 Å². The molecule has 0 aromatic heterocycles. The van der Waals surface area contributed by atoms with Crippen LogP contribution in [-0.2, 0) is 55.9 Å². The van der Waals surface area contributed by atoms with E-state index in [2.05, 4.69) is 13.6 Å². The summed E-state index contributed by atoms with van der Waals surface area (Å²) in [6.07, 6.45) is -13.8. The normalized spacial score (nSPS) is 23.4. The number of hydrogen-bond donors (Lipinski definition) is 9. The van der Waals surface area contributed by atoms with Crippen LogP contribution in [-0.4, -0.2) is 119 Å². The first-order chi connectivity index (χ1) is 22.3. The Hall–Kier alpha value is -1.38. The zero-order chi connectivity index (χ0) is 36.5. The summed E-state index contributed by atoms with van der Waals surface area (Å²) in [5.41, 5.74) is 0. The second-order valence-corrected chi connectivity index (χ2v) is 14.2. The summed E-state index contributed by atoms with van der Waals surface area (Å²) >= 11 is 0. The van der Waals surface area contributed by atoms with Crippen molar-refractivity contribution in [3.8, 4) is 0 Å². The van der Waals surface area contributed by atoms with E-state index < -0.39 is 97.3 Å². The maximum Gasteiger partial charge on any atom is 0.470 e. The summed E-state index contributed by atoms with van der Waals surface area (Å²) in [6, 6.07) is 0. The molecule has 0 spiro atoms. The molecule has 1 rings (SSSR count). The van der Waals surface area contributed by atoms with Gasteiger partial charge < -0.3 is 58.9 Å². The Morgan fingerprint density at radius 3 is 0.854 bits per heavy atom. The Morgan fingerprint density at radius 1 is 0.396 bits per heavy atom.